The summed E-state index contributed by atoms with van der Waals surface area (Å²) in [6.45, 7) is 7.22. The van der Waals surface area contributed by atoms with Gasteiger partial charge in [0.1, 0.15) is 8.46 Å². The molecule has 0 radical (unpaired) electrons. The Bertz CT molecular complexity index is 539. The number of hydrogen-bond acceptors (Lipinski definition) is 7. The molecule has 37 heavy (non-hydrogen) atoms. The molecule has 0 aliphatic carbocycles. The van der Waals surface area contributed by atoms with Crippen molar-refractivity contribution in [2.24, 2.45) is 0 Å². The largest absolute Gasteiger partial charge is 0.465 e. The Morgan fingerprint density at radius 3 is 1.84 bits per heavy atom. The summed E-state index contributed by atoms with van der Waals surface area (Å²) in [6.07, 6.45) is 23.3. The molecule has 0 aromatic heterocycles. The number of thioether (sulfide) groups is 1. The maximum atomic E-state index is 11.5. The van der Waals surface area contributed by atoms with E-state index in [1.165, 1.54) is 115 Å². The van der Waals surface area contributed by atoms with Crippen LogP contribution in [0.5, 0.6) is 0 Å². The van der Waals surface area contributed by atoms with Crippen molar-refractivity contribution in [2.45, 2.75) is 153 Å². The van der Waals surface area contributed by atoms with E-state index in [9.17, 15) is 14.5 Å². The third-order valence-electron chi connectivity index (χ3n) is 6.82. The van der Waals surface area contributed by atoms with Crippen molar-refractivity contribution in [3.63, 3.8) is 0 Å². The standard InChI is InChI=1S/C29H59O6PS/c1-5-7-9-11-12-13-14-15-16-18-20-25-37-27(22-19-17-10-8-6-2)26(3)34-23-21-24-35-29(31,36-32)28(30)33-4/h26-27,31H,5-25,36H2,1-4H3. The molecule has 0 heterocycles. The lowest BCUT2D eigenvalue weighted by Gasteiger charge is -2.25. The molecule has 0 aliphatic rings. The lowest BCUT2D eigenvalue weighted by atomic mass is 10.1. The van der Waals surface area contributed by atoms with E-state index in [0.717, 1.165) is 7.11 Å². The zero-order valence-electron chi connectivity index (χ0n) is 24.5. The van der Waals surface area contributed by atoms with E-state index in [0.29, 0.717) is 18.3 Å². The van der Waals surface area contributed by atoms with Crippen LogP contribution in [0.1, 0.15) is 136 Å². The van der Waals surface area contributed by atoms with Gasteiger partial charge in [-0.25, -0.2) is 4.79 Å². The molecule has 0 saturated heterocycles. The molecular formula is C29H59O6PS. The number of ether oxygens (including phenoxy) is 3. The quantitative estimate of drug-likeness (QED) is 0.0443. The maximum Gasteiger partial charge on any atom is 0.373 e. The van der Waals surface area contributed by atoms with Gasteiger partial charge >= 0.3 is 11.5 Å². The molecule has 0 fully saturated rings. The first-order valence-corrected chi connectivity index (χ1v) is 17.2. The first-order chi connectivity index (χ1) is 17.9. The highest BCUT2D eigenvalue weighted by Gasteiger charge is 2.37. The van der Waals surface area contributed by atoms with Crippen molar-refractivity contribution in [3.05, 3.63) is 0 Å². The fourth-order valence-corrected chi connectivity index (χ4v) is 6.11. The fraction of sp³-hybridized carbons (Fsp3) is 0.966. The van der Waals surface area contributed by atoms with E-state index >= 15 is 0 Å². The molecule has 6 nitrogen and oxygen atoms in total. The van der Waals surface area contributed by atoms with Gasteiger partial charge in [-0.3, -0.25) is 0 Å². The second-order valence-corrected chi connectivity index (χ2v) is 12.6. The topological polar surface area (TPSA) is 82.1 Å². The lowest BCUT2D eigenvalue weighted by Crippen LogP contribution is -2.37. The summed E-state index contributed by atoms with van der Waals surface area (Å²) in [7, 11) is -0.724. The fourth-order valence-electron chi connectivity index (χ4n) is 4.35. The van der Waals surface area contributed by atoms with Crippen molar-refractivity contribution in [1.29, 1.82) is 0 Å². The van der Waals surface area contributed by atoms with Crippen LogP contribution in [0.15, 0.2) is 0 Å². The van der Waals surface area contributed by atoms with Crippen LogP contribution in [0.3, 0.4) is 0 Å². The molecule has 0 aromatic carbocycles. The number of rotatable bonds is 28. The average molecular weight is 567 g/mol. The van der Waals surface area contributed by atoms with Gasteiger partial charge in [-0.2, -0.15) is 11.8 Å². The molecule has 4 unspecified atom stereocenters. The molecule has 0 spiro atoms. The minimum atomic E-state index is -2.33. The van der Waals surface area contributed by atoms with Crippen molar-refractivity contribution in [2.75, 3.05) is 26.1 Å². The Kier molecular flexibility index (Phi) is 26.1. The van der Waals surface area contributed by atoms with Crippen LogP contribution in [0.25, 0.3) is 0 Å². The summed E-state index contributed by atoms with van der Waals surface area (Å²) in [6, 6.07) is 0. The van der Waals surface area contributed by atoms with Crippen LogP contribution in [0.2, 0.25) is 0 Å². The molecule has 8 heteroatoms. The molecule has 0 amide bonds. The summed E-state index contributed by atoms with van der Waals surface area (Å²) in [5.74, 6) is 0.167. The van der Waals surface area contributed by atoms with Crippen molar-refractivity contribution >= 4 is 26.2 Å². The van der Waals surface area contributed by atoms with E-state index in [-0.39, 0.29) is 12.7 Å². The van der Waals surface area contributed by atoms with Crippen LogP contribution in [-0.4, -0.2) is 54.0 Å². The lowest BCUT2D eigenvalue weighted by molar-refractivity contribution is -0.193. The molecule has 0 aromatic rings. The predicted octanol–water partition coefficient (Wildman–Crippen LogP) is 8.15. The Morgan fingerprint density at radius 1 is 0.811 bits per heavy atom. The Balaban J connectivity index is 4.19. The van der Waals surface area contributed by atoms with Crippen LogP contribution in [0.4, 0.5) is 0 Å². The van der Waals surface area contributed by atoms with Gasteiger partial charge in [-0.15, -0.1) is 0 Å². The monoisotopic (exact) mass is 566 g/mol. The van der Waals surface area contributed by atoms with Crippen molar-refractivity contribution < 1.29 is 28.7 Å². The van der Waals surface area contributed by atoms with Gasteiger partial charge in [0.25, 0.3) is 0 Å². The highest BCUT2D eigenvalue weighted by Crippen LogP contribution is 2.26. The summed E-state index contributed by atoms with van der Waals surface area (Å²) in [5.41, 5.74) is -2.33. The third-order valence-corrected chi connectivity index (χ3v) is 9.12. The second kappa shape index (κ2) is 26.2. The third kappa shape index (κ3) is 20.5. The van der Waals surface area contributed by atoms with E-state index in [1.54, 1.807) is 0 Å². The van der Waals surface area contributed by atoms with E-state index < -0.39 is 20.0 Å². The van der Waals surface area contributed by atoms with Crippen molar-refractivity contribution in [1.82, 2.24) is 0 Å². The van der Waals surface area contributed by atoms with Gasteiger partial charge in [0.2, 0.25) is 0 Å². The zero-order valence-corrected chi connectivity index (χ0v) is 26.4. The maximum absolute atomic E-state index is 11.5. The summed E-state index contributed by atoms with van der Waals surface area (Å²) < 4.78 is 26.9. The molecule has 0 rings (SSSR count). The zero-order chi connectivity index (χ0) is 27.6. The van der Waals surface area contributed by atoms with Gasteiger partial charge in [0, 0.05) is 11.9 Å². The number of carbonyl (C=O) groups is 1. The first-order valence-electron chi connectivity index (χ1n) is 15.1. The van der Waals surface area contributed by atoms with Crippen molar-refractivity contribution in [3.8, 4) is 0 Å². The molecule has 0 aliphatic heterocycles. The average Bonchev–Trinajstić information content (AvgIpc) is 2.91. The summed E-state index contributed by atoms with van der Waals surface area (Å²) in [4.78, 5) is 11.5. The second-order valence-electron chi connectivity index (χ2n) is 10.2. The smallest absolute Gasteiger partial charge is 0.373 e. The minimum Gasteiger partial charge on any atom is -0.465 e. The molecule has 0 saturated carbocycles. The number of aliphatic hydroxyl groups is 1. The van der Waals surface area contributed by atoms with Gasteiger partial charge in [0.15, 0.2) is 0 Å². The van der Waals surface area contributed by atoms with E-state index in [2.05, 4.69) is 37.3 Å². The Labute approximate surface area is 233 Å². The number of methoxy groups -OCH3 is 1. The Hall–Kier alpha value is -0.0700. The molecule has 0 bridgehead atoms. The highest BCUT2D eigenvalue weighted by molar-refractivity contribution is 7.99. The Morgan fingerprint density at radius 2 is 1.32 bits per heavy atom. The van der Waals surface area contributed by atoms with Crippen LogP contribution in [-0.2, 0) is 23.6 Å². The number of hydrogen-bond donors (Lipinski definition) is 1. The van der Waals surface area contributed by atoms with Crippen LogP contribution < -0.4 is 0 Å². The molecule has 222 valence electrons. The summed E-state index contributed by atoms with van der Waals surface area (Å²) >= 11 is 2.06. The van der Waals surface area contributed by atoms with Crippen LogP contribution >= 0.6 is 20.2 Å². The number of unbranched alkanes of at least 4 members (excludes halogenated alkanes) is 14. The number of esters is 1. The van der Waals surface area contributed by atoms with Gasteiger partial charge < -0.3 is 23.9 Å². The molecular weight excluding hydrogens is 507 g/mol. The first kappa shape index (κ1) is 36.9. The SMILES string of the molecule is CCCCCCCCCCCCCSC(CCCCCCC)C(C)OCCCOC(O)([PH2]=O)C(=O)OC. The molecule has 1 N–H and O–H groups in total. The van der Waals surface area contributed by atoms with E-state index in [4.69, 9.17) is 9.47 Å². The van der Waals surface area contributed by atoms with Gasteiger partial charge in [-0.1, -0.05) is 110 Å². The van der Waals surface area contributed by atoms with E-state index in [1.807, 2.05) is 0 Å². The molecule has 4 atom stereocenters. The normalized spacial score (nSPS) is 15.2. The van der Waals surface area contributed by atoms with Gasteiger partial charge in [-0.05, 0) is 31.9 Å². The highest BCUT2D eigenvalue weighted by atomic mass is 32.2. The number of carbonyl (C=O) groups excluding carboxylic acids is 1. The predicted molar refractivity (Wildman–Crippen MR) is 159 cm³/mol. The summed E-state index contributed by atoms with van der Waals surface area (Å²) in [5, 5.41) is 10.4. The van der Waals surface area contributed by atoms with Gasteiger partial charge in [0.05, 0.1) is 19.8 Å². The van der Waals surface area contributed by atoms with Crippen LogP contribution in [0, 0.1) is 0 Å². The minimum absolute atomic E-state index is 0.0845.